The van der Waals surface area contributed by atoms with E-state index in [2.05, 4.69) is 24.3 Å². The molecule has 3 heteroatoms. The fourth-order valence-corrected chi connectivity index (χ4v) is 3.30. The highest BCUT2D eigenvalue weighted by atomic mass is 16.5. The first kappa shape index (κ1) is 14.1. The molecule has 0 amide bonds. The molecular formula is C21H12N2O. The Morgan fingerprint density at radius 3 is 2.29 bits per heavy atom. The van der Waals surface area contributed by atoms with Gasteiger partial charge < -0.3 is 4.74 Å². The zero-order chi connectivity index (χ0) is 16.5. The second-order valence-electron chi connectivity index (χ2n) is 5.68. The minimum atomic E-state index is 0.607. The van der Waals surface area contributed by atoms with Crippen LogP contribution in [0.2, 0.25) is 0 Å². The van der Waals surface area contributed by atoms with Crippen LogP contribution in [0.15, 0.2) is 60.7 Å². The van der Waals surface area contributed by atoms with Crippen molar-refractivity contribution >= 4 is 0 Å². The van der Waals surface area contributed by atoms with Gasteiger partial charge in [0.25, 0.3) is 6.26 Å². The first-order valence-corrected chi connectivity index (χ1v) is 7.62. The minimum absolute atomic E-state index is 0.607. The standard InChI is InChI=1S/C21H12N2O/c22-12-14-5-7-15(8-6-14)18-9-10-19-17-4-2-1-3-16(17)11-20(19)21(18)24-13-23/h1-10H,11H2. The van der Waals surface area contributed by atoms with Crippen molar-refractivity contribution in [1.82, 2.24) is 0 Å². The number of hydrogen-bond donors (Lipinski definition) is 0. The van der Waals surface area contributed by atoms with Crippen molar-refractivity contribution in [3.63, 3.8) is 0 Å². The lowest BCUT2D eigenvalue weighted by Gasteiger charge is -2.12. The van der Waals surface area contributed by atoms with Crippen LogP contribution >= 0.6 is 0 Å². The van der Waals surface area contributed by atoms with Crippen molar-refractivity contribution in [3.05, 3.63) is 77.4 Å². The van der Waals surface area contributed by atoms with Gasteiger partial charge in [-0.1, -0.05) is 42.5 Å². The normalized spacial score (nSPS) is 11.1. The van der Waals surface area contributed by atoms with Gasteiger partial charge in [0.05, 0.1) is 11.6 Å². The molecule has 24 heavy (non-hydrogen) atoms. The second-order valence-corrected chi connectivity index (χ2v) is 5.68. The van der Waals surface area contributed by atoms with Crippen molar-refractivity contribution in [2.75, 3.05) is 0 Å². The van der Waals surface area contributed by atoms with E-state index in [1.807, 2.05) is 36.6 Å². The summed E-state index contributed by atoms with van der Waals surface area (Å²) in [4.78, 5) is 0. The maximum atomic E-state index is 9.11. The van der Waals surface area contributed by atoms with E-state index in [1.165, 1.54) is 11.1 Å². The summed E-state index contributed by atoms with van der Waals surface area (Å²) < 4.78 is 5.36. The fourth-order valence-electron chi connectivity index (χ4n) is 3.30. The second kappa shape index (κ2) is 5.57. The van der Waals surface area contributed by atoms with E-state index >= 15 is 0 Å². The zero-order valence-corrected chi connectivity index (χ0v) is 12.8. The molecule has 1 aliphatic carbocycles. The first-order chi connectivity index (χ1) is 11.8. The maximum absolute atomic E-state index is 9.11. The molecule has 0 radical (unpaired) electrons. The van der Waals surface area contributed by atoms with Gasteiger partial charge in [0.15, 0.2) is 5.75 Å². The quantitative estimate of drug-likeness (QED) is 0.506. The van der Waals surface area contributed by atoms with Gasteiger partial charge in [-0.2, -0.15) is 5.26 Å². The van der Waals surface area contributed by atoms with E-state index in [0.717, 1.165) is 28.7 Å². The van der Waals surface area contributed by atoms with E-state index in [-0.39, 0.29) is 0 Å². The molecule has 0 saturated heterocycles. The Morgan fingerprint density at radius 2 is 1.54 bits per heavy atom. The predicted octanol–water partition coefficient (Wildman–Crippen LogP) is 4.66. The van der Waals surface area contributed by atoms with E-state index in [9.17, 15) is 0 Å². The van der Waals surface area contributed by atoms with Crippen LogP contribution in [0.1, 0.15) is 16.7 Å². The molecule has 1 aliphatic rings. The van der Waals surface area contributed by atoms with Crippen molar-refractivity contribution in [3.8, 4) is 40.3 Å². The lowest BCUT2D eigenvalue weighted by molar-refractivity contribution is 0.504. The molecule has 3 aromatic rings. The Bertz CT molecular complexity index is 1020. The molecule has 0 aromatic heterocycles. The average molecular weight is 308 g/mol. The summed E-state index contributed by atoms with van der Waals surface area (Å²) in [7, 11) is 0. The van der Waals surface area contributed by atoms with Gasteiger partial charge in [0.2, 0.25) is 0 Å². The van der Waals surface area contributed by atoms with Crippen LogP contribution in [0.5, 0.6) is 5.75 Å². The van der Waals surface area contributed by atoms with Gasteiger partial charge in [-0.3, -0.25) is 0 Å². The van der Waals surface area contributed by atoms with Crippen molar-refractivity contribution < 1.29 is 4.74 Å². The molecule has 3 aromatic carbocycles. The number of rotatable bonds is 2. The molecule has 3 nitrogen and oxygen atoms in total. The Hall–Kier alpha value is -3.56. The Labute approximate surface area is 140 Å². The molecule has 0 fully saturated rings. The highest BCUT2D eigenvalue weighted by Crippen LogP contribution is 2.45. The third-order valence-electron chi connectivity index (χ3n) is 4.41. The molecule has 0 N–H and O–H groups in total. The molecule has 0 atom stereocenters. The van der Waals surface area contributed by atoms with Crippen LogP contribution in [0.4, 0.5) is 0 Å². The van der Waals surface area contributed by atoms with Crippen LogP contribution < -0.4 is 4.74 Å². The topological polar surface area (TPSA) is 56.8 Å². The van der Waals surface area contributed by atoms with Crippen LogP contribution in [0, 0.1) is 22.8 Å². The van der Waals surface area contributed by atoms with Crippen molar-refractivity contribution in [2.45, 2.75) is 6.42 Å². The Balaban J connectivity index is 1.90. The molecule has 0 heterocycles. The van der Waals surface area contributed by atoms with Gasteiger partial charge >= 0.3 is 0 Å². The Kier molecular flexibility index (Phi) is 3.26. The molecule has 0 saturated carbocycles. The zero-order valence-electron chi connectivity index (χ0n) is 12.8. The smallest absolute Gasteiger partial charge is 0.292 e. The van der Waals surface area contributed by atoms with Gasteiger partial charge in [0, 0.05) is 17.5 Å². The van der Waals surface area contributed by atoms with Crippen molar-refractivity contribution in [2.24, 2.45) is 0 Å². The number of ether oxygens (including phenoxy) is 1. The fraction of sp³-hybridized carbons (Fsp3) is 0.0476. The molecular weight excluding hydrogens is 296 g/mol. The monoisotopic (exact) mass is 308 g/mol. The summed E-state index contributed by atoms with van der Waals surface area (Å²) in [5.41, 5.74) is 7.00. The predicted molar refractivity (Wildman–Crippen MR) is 91.1 cm³/mol. The van der Waals surface area contributed by atoms with Gasteiger partial charge in [-0.25, -0.2) is 0 Å². The number of fused-ring (bicyclic) bond motifs is 3. The third kappa shape index (κ3) is 2.12. The minimum Gasteiger partial charge on any atom is -0.387 e. The third-order valence-corrected chi connectivity index (χ3v) is 4.41. The average Bonchev–Trinajstić information content (AvgIpc) is 3.01. The summed E-state index contributed by atoms with van der Waals surface area (Å²) in [6, 6.07) is 21.7. The van der Waals surface area contributed by atoms with Gasteiger partial charge in [-0.05, 0) is 40.5 Å². The SMILES string of the molecule is N#COc1c(-c2ccc(C#N)cc2)ccc2c1Cc1ccccc1-2. The number of benzene rings is 3. The van der Waals surface area contributed by atoms with Crippen LogP contribution in [0.25, 0.3) is 22.3 Å². The highest BCUT2D eigenvalue weighted by molar-refractivity contribution is 5.85. The van der Waals surface area contributed by atoms with E-state index in [4.69, 9.17) is 15.3 Å². The maximum Gasteiger partial charge on any atom is 0.292 e. The summed E-state index contributed by atoms with van der Waals surface area (Å²) in [6.45, 7) is 0. The van der Waals surface area contributed by atoms with Crippen LogP contribution in [-0.4, -0.2) is 0 Å². The Morgan fingerprint density at radius 1 is 0.792 bits per heavy atom. The number of nitriles is 2. The molecule has 0 spiro atoms. The van der Waals surface area contributed by atoms with Crippen molar-refractivity contribution in [1.29, 1.82) is 10.5 Å². The van der Waals surface area contributed by atoms with Gasteiger partial charge in [-0.15, -0.1) is 5.26 Å². The molecule has 0 bridgehead atoms. The van der Waals surface area contributed by atoms with Gasteiger partial charge in [0.1, 0.15) is 0 Å². The summed E-state index contributed by atoms with van der Waals surface area (Å²) >= 11 is 0. The molecule has 4 rings (SSSR count). The largest absolute Gasteiger partial charge is 0.387 e. The molecule has 0 aliphatic heterocycles. The summed E-state index contributed by atoms with van der Waals surface area (Å²) in [6.07, 6.45) is 2.58. The first-order valence-electron chi connectivity index (χ1n) is 7.62. The number of nitrogens with zero attached hydrogens (tertiary/aromatic N) is 2. The van der Waals surface area contributed by atoms with Crippen LogP contribution in [-0.2, 0) is 6.42 Å². The van der Waals surface area contributed by atoms with E-state index in [0.29, 0.717) is 11.3 Å². The lowest BCUT2D eigenvalue weighted by atomic mass is 9.97. The number of hydrogen-bond acceptors (Lipinski definition) is 3. The van der Waals surface area contributed by atoms with E-state index < -0.39 is 0 Å². The van der Waals surface area contributed by atoms with E-state index in [1.54, 1.807) is 12.1 Å². The lowest BCUT2D eigenvalue weighted by Crippen LogP contribution is -1.94. The summed E-state index contributed by atoms with van der Waals surface area (Å²) in [5.74, 6) is 0.607. The van der Waals surface area contributed by atoms with Crippen LogP contribution in [0.3, 0.4) is 0 Å². The summed E-state index contributed by atoms with van der Waals surface area (Å²) in [5, 5.41) is 18.1. The molecule has 0 unspecified atom stereocenters. The highest BCUT2D eigenvalue weighted by Gasteiger charge is 2.24. The molecule has 112 valence electrons.